The van der Waals surface area contributed by atoms with E-state index in [9.17, 15) is 0 Å². The van der Waals surface area contributed by atoms with E-state index in [0.29, 0.717) is 11.3 Å². The van der Waals surface area contributed by atoms with Crippen molar-refractivity contribution in [3.63, 3.8) is 0 Å². The maximum Gasteiger partial charge on any atom is 0.00195 e. The molecule has 0 aromatic carbocycles. The van der Waals surface area contributed by atoms with Gasteiger partial charge in [-0.25, -0.2) is 0 Å². The van der Waals surface area contributed by atoms with Crippen LogP contribution in [-0.4, -0.2) is 30.8 Å². The molecule has 14 heavy (non-hydrogen) atoms. The first kappa shape index (κ1) is 12.4. The lowest BCUT2D eigenvalue weighted by Gasteiger charge is -2.33. The lowest BCUT2D eigenvalue weighted by atomic mass is 9.81. The first-order chi connectivity index (χ1) is 6.43. The smallest absolute Gasteiger partial charge is 0.00195 e. The van der Waals surface area contributed by atoms with Crippen LogP contribution >= 0.6 is 12.6 Å². The molecule has 1 aliphatic rings. The average molecular weight is 215 g/mol. The molecular formula is C12H25NS. The third-order valence-electron chi connectivity index (χ3n) is 3.24. The topological polar surface area (TPSA) is 3.24 Å². The minimum Gasteiger partial charge on any atom is -0.306 e. The third-order valence-corrected chi connectivity index (χ3v) is 3.68. The van der Waals surface area contributed by atoms with Crippen LogP contribution in [0.15, 0.2) is 0 Å². The molecule has 84 valence electrons. The molecule has 0 spiro atoms. The summed E-state index contributed by atoms with van der Waals surface area (Å²) in [7, 11) is 2.25. The molecule has 0 N–H and O–H groups in total. The van der Waals surface area contributed by atoms with Crippen LogP contribution < -0.4 is 0 Å². The molecule has 0 aromatic heterocycles. The summed E-state index contributed by atoms with van der Waals surface area (Å²) in [6.07, 6.45) is 2.90. The maximum absolute atomic E-state index is 4.46. The summed E-state index contributed by atoms with van der Waals surface area (Å²) in [6, 6.07) is 0. The van der Waals surface area contributed by atoms with Gasteiger partial charge in [0.2, 0.25) is 0 Å². The average Bonchev–Trinajstić information content (AvgIpc) is 2.81. The summed E-state index contributed by atoms with van der Waals surface area (Å²) in [5.41, 5.74) is 0.388. The van der Waals surface area contributed by atoms with E-state index in [1.54, 1.807) is 0 Å². The largest absolute Gasteiger partial charge is 0.306 e. The lowest BCUT2D eigenvalue weighted by molar-refractivity contribution is 0.183. The quantitative estimate of drug-likeness (QED) is 0.690. The van der Waals surface area contributed by atoms with Crippen LogP contribution in [-0.2, 0) is 0 Å². The fourth-order valence-electron chi connectivity index (χ4n) is 1.80. The molecule has 1 aliphatic carbocycles. The first-order valence-electron chi connectivity index (χ1n) is 5.73. The molecule has 2 heteroatoms. The predicted molar refractivity (Wildman–Crippen MR) is 67.0 cm³/mol. The predicted octanol–water partition coefficient (Wildman–Crippen LogP) is 2.92. The zero-order valence-corrected chi connectivity index (χ0v) is 11.0. The summed E-state index contributed by atoms with van der Waals surface area (Å²) in [6.45, 7) is 9.44. The normalized spacial score (nSPS) is 20.1. The summed E-state index contributed by atoms with van der Waals surface area (Å²) >= 11 is 4.46. The molecule has 1 rings (SSSR count). The van der Waals surface area contributed by atoms with Crippen LogP contribution in [0.2, 0.25) is 0 Å². The SMILES string of the molecule is CN(CC1CC1)CC(CS)C(C)(C)C. The Labute approximate surface area is 94.7 Å². The Morgan fingerprint density at radius 1 is 1.36 bits per heavy atom. The van der Waals surface area contributed by atoms with Crippen LogP contribution in [0.3, 0.4) is 0 Å². The van der Waals surface area contributed by atoms with Crippen molar-refractivity contribution in [2.45, 2.75) is 33.6 Å². The molecule has 0 aliphatic heterocycles. The second-order valence-corrected chi connectivity index (χ2v) is 6.28. The Bertz CT molecular complexity index is 170. The van der Waals surface area contributed by atoms with Crippen molar-refractivity contribution in [1.82, 2.24) is 4.90 Å². The molecule has 1 nitrogen and oxygen atoms in total. The fraction of sp³-hybridized carbons (Fsp3) is 1.00. The molecule has 1 fully saturated rings. The third kappa shape index (κ3) is 4.22. The molecular weight excluding hydrogens is 190 g/mol. The second kappa shape index (κ2) is 4.89. The highest BCUT2D eigenvalue weighted by Gasteiger charge is 2.27. The van der Waals surface area contributed by atoms with Gasteiger partial charge in [-0.05, 0) is 42.9 Å². The van der Waals surface area contributed by atoms with Crippen molar-refractivity contribution in [3.8, 4) is 0 Å². The Hall–Kier alpha value is 0.310. The van der Waals surface area contributed by atoms with Crippen LogP contribution in [0, 0.1) is 17.3 Å². The number of rotatable bonds is 5. The van der Waals surface area contributed by atoms with Gasteiger partial charge in [0.1, 0.15) is 0 Å². The highest BCUT2D eigenvalue weighted by atomic mass is 32.1. The van der Waals surface area contributed by atoms with Gasteiger partial charge in [0.05, 0.1) is 0 Å². The minimum atomic E-state index is 0.388. The molecule has 0 heterocycles. The molecule has 1 saturated carbocycles. The molecule has 0 saturated heterocycles. The van der Waals surface area contributed by atoms with Crippen molar-refractivity contribution in [2.24, 2.45) is 17.3 Å². The van der Waals surface area contributed by atoms with Crippen molar-refractivity contribution in [1.29, 1.82) is 0 Å². The van der Waals surface area contributed by atoms with Gasteiger partial charge in [0.15, 0.2) is 0 Å². The number of hydrogen-bond acceptors (Lipinski definition) is 2. The van der Waals surface area contributed by atoms with Gasteiger partial charge in [-0.2, -0.15) is 12.6 Å². The van der Waals surface area contributed by atoms with Crippen LogP contribution in [0.25, 0.3) is 0 Å². The van der Waals surface area contributed by atoms with E-state index < -0.39 is 0 Å². The Kier molecular flexibility index (Phi) is 4.32. The van der Waals surface area contributed by atoms with E-state index in [0.717, 1.165) is 11.7 Å². The van der Waals surface area contributed by atoms with Crippen LogP contribution in [0.5, 0.6) is 0 Å². The molecule has 1 atom stereocenters. The minimum absolute atomic E-state index is 0.388. The van der Waals surface area contributed by atoms with Gasteiger partial charge in [-0.15, -0.1) is 0 Å². The van der Waals surface area contributed by atoms with Gasteiger partial charge in [0.25, 0.3) is 0 Å². The van der Waals surface area contributed by atoms with Gasteiger partial charge in [0, 0.05) is 13.1 Å². The molecule has 0 radical (unpaired) electrons. The summed E-state index contributed by atoms with van der Waals surface area (Å²) < 4.78 is 0. The summed E-state index contributed by atoms with van der Waals surface area (Å²) in [5, 5.41) is 0. The van der Waals surface area contributed by atoms with Crippen molar-refractivity contribution >= 4 is 12.6 Å². The van der Waals surface area contributed by atoms with E-state index in [-0.39, 0.29) is 0 Å². The van der Waals surface area contributed by atoms with Gasteiger partial charge in [-0.3, -0.25) is 0 Å². The molecule has 0 amide bonds. The summed E-state index contributed by atoms with van der Waals surface area (Å²) in [5.74, 6) is 2.70. The number of thiol groups is 1. The standard InChI is InChI=1S/C12H25NS/c1-12(2,3)11(9-14)8-13(4)7-10-5-6-10/h10-11,14H,5-9H2,1-4H3. The van der Waals surface area contributed by atoms with Crippen molar-refractivity contribution in [3.05, 3.63) is 0 Å². The Balaban J connectivity index is 2.30. The fourth-order valence-corrected chi connectivity index (χ4v) is 2.46. The number of nitrogens with zero attached hydrogens (tertiary/aromatic N) is 1. The Morgan fingerprint density at radius 3 is 2.29 bits per heavy atom. The van der Waals surface area contributed by atoms with Crippen molar-refractivity contribution in [2.75, 3.05) is 25.9 Å². The highest BCUT2D eigenvalue weighted by molar-refractivity contribution is 7.80. The van der Waals surface area contributed by atoms with Gasteiger partial charge >= 0.3 is 0 Å². The maximum atomic E-state index is 4.46. The lowest BCUT2D eigenvalue weighted by Crippen LogP contribution is -2.35. The first-order valence-corrected chi connectivity index (χ1v) is 6.36. The molecule has 1 unspecified atom stereocenters. The number of hydrogen-bond donors (Lipinski definition) is 1. The zero-order valence-electron chi connectivity index (χ0n) is 10.1. The molecule has 0 aromatic rings. The van der Waals surface area contributed by atoms with E-state index in [4.69, 9.17) is 0 Å². The monoisotopic (exact) mass is 215 g/mol. The van der Waals surface area contributed by atoms with E-state index in [1.807, 2.05) is 0 Å². The van der Waals surface area contributed by atoms with Crippen LogP contribution in [0.4, 0.5) is 0 Å². The van der Waals surface area contributed by atoms with Gasteiger partial charge in [-0.1, -0.05) is 20.8 Å². The zero-order chi connectivity index (χ0) is 10.8. The highest BCUT2D eigenvalue weighted by Crippen LogP contribution is 2.31. The van der Waals surface area contributed by atoms with Crippen LogP contribution in [0.1, 0.15) is 33.6 Å². The van der Waals surface area contributed by atoms with E-state index in [1.165, 1.54) is 25.9 Å². The van der Waals surface area contributed by atoms with Gasteiger partial charge < -0.3 is 4.90 Å². The van der Waals surface area contributed by atoms with E-state index in [2.05, 4.69) is 45.3 Å². The second-order valence-electron chi connectivity index (χ2n) is 5.91. The van der Waals surface area contributed by atoms with Crippen molar-refractivity contribution < 1.29 is 0 Å². The summed E-state index contributed by atoms with van der Waals surface area (Å²) in [4.78, 5) is 2.49. The Morgan fingerprint density at radius 2 is 1.93 bits per heavy atom. The van der Waals surface area contributed by atoms with E-state index >= 15 is 0 Å². The molecule has 0 bridgehead atoms.